The molecule has 0 spiro atoms. The number of nitrogens with one attached hydrogen (secondary N) is 1. The maximum absolute atomic E-state index is 11.9. The van der Waals surface area contributed by atoms with Crippen molar-refractivity contribution in [3.63, 3.8) is 0 Å². The number of carbonyl (C=O) groups is 2. The normalized spacial score (nSPS) is 18.5. The van der Waals surface area contributed by atoms with Gasteiger partial charge in [-0.15, -0.1) is 0 Å². The van der Waals surface area contributed by atoms with Crippen molar-refractivity contribution >= 4 is 21.8 Å². The lowest BCUT2D eigenvalue weighted by Crippen LogP contribution is -2.43. The second-order valence-electron chi connectivity index (χ2n) is 4.84. The average Bonchev–Trinajstić information content (AvgIpc) is 2.76. The monoisotopic (exact) mass is 312 g/mol. The van der Waals surface area contributed by atoms with E-state index in [1.807, 2.05) is 0 Å². The molecule has 1 heterocycles. The minimum absolute atomic E-state index is 0.0359. The number of carbonyl (C=O) groups excluding carboxylic acids is 2. The molecule has 0 bridgehead atoms. The molecule has 1 N–H and O–H groups in total. The number of hydrogen-bond acceptors (Lipinski definition) is 5. The fraction of sp³-hybridized carbons (Fsp3) is 0.385. The number of benzene rings is 1. The van der Waals surface area contributed by atoms with Crippen LogP contribution in [0.1, 0.15) is 5.56 Å². The van der Waals surface area contributed by atoms with E-state index < -0.39 is 22.0 Å². The van der Waals surface area contributed by atoms with Gasteiger partial charge in [-0.25, -0.2) is 13.2 Å². The highest BCUT2D eigenvalue weighted by molar-refractivity contribution is 7.90. The van der Waals surface area contributed by atoms with Crippen LogP contribution in [-0.2, 0) is 25.9 Å². The Kier molecular flexibility index (Phi) is 4.17. The van der Waals surface area contributed by atoms with Crippen LogP contribution in [0, 0.1) is 0 Å². The topological polar surface area (TPSA) is 92.8 Å². The van der Waals surface area contributed by atoms with Gasteiger partial charge in [0.2, 0.25) is 5.91 Å². The lowest BCUT2D eigenvalue weighted by Gasteiger charge is -2.15. The fourth-order valence-electron chi connectivity index (χ4n) is 1.90. The Morgan fingerprint density at radius 1 is 1.38 bits per heavy atom. The lowest BCUT2D eigenvalue weighted by molar-refractivity contribution is -0.124. The van der Waals surface area contributed by atoms with Gasteiger partial charge in [0.1, 0.15) is 12.6 Å². The van der Waals surface area contributed by atoms with Crippen LogP contribution >= 0.6 is 0 Å². The van der Waals surface area contributed by atoms with Gasteiger partial charge in [0, 0.05) is 19.8 Å². The van der Waals surface area contributed by atoms with Crippen molar-refractivity contribution in [3.05, 3.63) is 29.8 Å². The number of hydrogen-bond donors (Lipinski definition) is 1. The van der Waals surface area contributed by atoms with Crippen molar-refractivity contribution in [1.29, 1.82) is 0 Å². The molecule has 0 unspecified atom stereocenters. The van der Waals surface area contributed by atoms with Crippen LogP contribution in [0.15, 0.2) is 29.2 Å². The highest BCUT2D eigenvalue weighted by Crippen LogP contribution is 2.12. The second kappa shape index (κ2) is 5.72. The third kappa shape index (κ3) is 3.52. The summed E-state index contributed by atoms with van der Waals surface area (Å²) in [4.78, 5) is 24.5. The smallest absolute Gasteiger partial charge is 0.410 e. The quantitative estimate of drug-likeness (QED) is 0.854. The van der Waals surface area contributed by atoms with Crippen LogP contribution in [0.2, 0.25) is 0 Å². The average molecular weight is 312 g/mol. The first-order chi connectivity index (χ1) is 9.79. The van der Waals surface area contributed by atoms with Gasteiger partial charge < -0.3 is 10.1 Å². The highest BCUT2D eigenvalue weighted by Gasteiger charge is 2.34. The van der Waals surface area contributed by atoms with Crippen molar-refractivity contribution in [2.45, 2.75) is 17.5 Å². The van der Waals surface area contributed by atoms with E-state index in [1.54, 1.807) is 12.1 Å². The SMILES string of the molecule is CN1C(=O)OC[C@H]1C(=O)NCc1ccc(S(C)(=O)=O)cc1. The molecule has 0 aromatic heterocycles. The predicted molar refractivity (Wildman–Crippen MR) is 74.3 cm³/mol. The van der Waals surface area contributed by atoms with Crippen molar-refractivity contribution in [2.75, 3.05) is 19.9 Å². The Hall–Kier alpha value is -2.09. The molecule has 1 saturated heterocycles. The first-order valence-corrected chi connectivity index (χ1v) is 8.14. The third-order valence-electron chi connectivity index (χ3n) is 3.24. The Morgan fingerprint density at radius 2 is 2.00 bits per heavy atom. The van der Waals surface area contributed by atoms with Crippen molar-refractivity contribution in [3.8, 4) is 0 Å². The fourth-order valence-corrected chi connectivity index (χ4v) is 2.53. The molecule has 1 aromatic rings. The van der Waals surface area contributed by atoms with Gasteiger partial charge >= 0.3 is 6.09 Å². The molecule has 7 nitrogen and oxygen atoms in total. The lowest BCUT2D eigenvalue weighted by atomic mass is 10.2. The van der Waals surface area contributed by atoms with Crippen LogP contribution in [0.3, 0.4) is 0 Å². The van der Waals surface area contributed by atoms with E-state index in [1.165, 1.54) is 24.1 Å². The molecule has 2 amide bonds. The van der Waals surface area contributed by atoms with Crippen LogP contribution in [-0.4, -0.2) is 51.3 Å². The van der Waals surface area contributed by atoms with Gasteiger partial charge in [0.25, 0.3) is 0 Å². The molecule has 1 aromatic carbocycles. The Balaban J connectivity index is 1.94. The van der Waals surface area contributed by atoms with Gasteiger partial charge in [-0.1, -0.05) is 12.1 Å². The second-order valence-corrected chi connectivity index (χ2v) is 6.85. The Morgan fingerprint density at radius 3 is 2.48 bits per heavy atom. The third-order valence-corrected chi connectivity index (χ3v) is 4.37. The predicted octanol–water partition coefficient (Wildman–Crippen LogP) is 0.157. The molecule has 1 aliphatic rings. The van der Waals surface area contributed by atoms with E-state index in [2.05, 4.69) is 5.32 Å². The first-order valence-electron chi connectivity index (χ1n) is 6.25. The van der Waals surface area contributed by atoms with Crippen LogP contribution in [0.4, 0.5) is 4.79 Å². The number of likely N-dealkylation sites (N-methyl/N-ethyl adjacent to an activating group) is 1. The van der Waals surface area contributed by atoms with Gasteiger partial charge in [-0.3, -0.25) is 9.69 Å². The van der Waals surface area contributed by atoms with Gasteiger partial charge in [0.05, 0.1) is 4.90 Å². The summed E-state index contributed by atoms with van der Waals surface area (Å²) in [6.45, 7) is 0.287. The number of cyclic esters (lactones) is 1. The standard InChI is InChI=1S/C13H16N2O5S/c1-15-11(8-20-13(15)17)12(16)14-7-9-3-5-10(6-4-9)21(2,18)19/h3-6,11H,7-8H2,1-2H3,(H,14,16)/t11-/m0/s1. The van der Waals surface area contributed by atoms with E-state index in [9.17, 15) is 18.0 Å². The number of nitrogens with zero attached hydrogens (tertiary/aromatic N) is 1. The zero-order valence-corrected chi connectivity index (χ0v) is 12.5. The summed E-state index contributed by atoms with van der Waals surface area (Å²) in [6, 6.07) is 5.62. The zero-order chi connectivity index (χ0) is 15.6. The summed E-state index contributed by atoms with van der Waals surface area (Å²) in [5.74, 6) is -0.310. The van der Waals surface area contributed by atoms with Crippen LogP contribution in [0.5, 0.6) is 0 Å². The van der Waals surface area contributed by atoms with Gasteiger partial charge in [-0.2, -0.15) is 0 Å². The summed E-state index contributed by atoms with van der Waals surface area (Å²) in [5, 5.41) is 2.69. The van der Waals surface area contributed by atoms with Crippen LogP contribution in [0.25, 0.3) is 0 Å². The minimum Gasteiger partial charge on any atom is -0.447 e. The molecule has 0 aliphatic carbocycles. The van der Waals surface area contributed by atoms with Gasteiger partial charge in [0.15, 0.2) is 9.84 Å². The molecule has 8 heteroatoms. The van der Waals surface area contributed by atoms with E-state index in [4.69, 9.17) is 4.74 Å². The van der Waals surface area contributed by atoms with Gasteiger partial charge in [-0.05, 0) is 17.7 Å². The Bertz CT molecular complexity index is 654. The number of rotatable bonds is 4. The summed E-state index contributed by atoms with van der Waals surface area (Å²) in [5.41, 5.74) is 0.767. The zero-order valence-electron chi connectivity index (χ0n) is 11.7. The Labute approximate surface area is 122 Å². The number of ether oxygens (including phenoxy) is 1. The molecule has 1 aliphatic heterocycles. The molecule has 1 fully saturated rings. The molecule has 0 radical (unpaired) electrons. The van der Waals surface area contributed by atoms with Crippen molar-refractivity contribution in [2.24, 2.45) is 0 Å². The summed E-state index contributed by atoms with van der Waals surface area (Å²) in [7, 11) is -1.72. The van der Waals surface area contributed by atoms with E-state index in [0.29, 0.717) is 0 Å². The maximum Gasteiger partial charge on any atom is 0.410 e. The minimum atomic E-state index is -3.23. The summed E-state index contributed by atoms with van der Waals surface area (Å²) >= 11 is 0. The van der Waals surface area contributed by atoms with E-state index >= 15 is 0 Å². The van der Waals surface area contributed by atoms with Crippen molar-refractivity contribution < 1.29 is 22.7 Å². The first kappa shape index (κ1) is 15.3. The molecule has 0 saturated carbocycles. The molecule has 1 atom stereocenters. The van der Waals surface area contributed by atoms with E-state index in [-0.39, 0.29) is 24.0 Å². The summed E-state index contributed by atoms with van der Waals surface area (Å²) < 4.78 is 27.4. The van der Waals surface area contributed by atoms with E-state index in [0.717, 1.165) is 11.8 Å². The molecule has 114 valence electrons. The molecule has 2 rings (SSSR count). The number of amides is 2. The summed E-state index contributed by atoms with van der Waals surface area (Å²) in [6.07, 6.45) is 0.615. The largest absolute Gasteiger partial charge is 0.447 e. The maximum atomic E-state index is 11.9. The molecular formula is C13H16N2O5S. The molecular weight excluding hydrogens is 296 g/mol. The van der Waals surface area contributed by atoms with Crippen molar-refractivity contribution in [1.82, 2.24) is 10.2 Å². The number of sulfone groups is 1. The molecule has 21 heavy (non-hydrogen) atoms. The van der Waals surface area contributed by atoms with Crippen LogP contribution < -0.4 is 5.32 Å². The highest BCUT2D eigenvalue weighted by atomic mass is 32.2.